The molecule has 1 aliphatic rings. The van der Waals surface area contributed by atoms with Gasteiger partial charge >= 0.3 is 0 Å². The molecule has 108 valence electrons. The van der Waals surface area contributed by atoms with Gasteiger partial charge in [0.05, 0.1) is 0 Å². The van der Waals surface area contributed by atoms with Gasteiger partial charge in [0, 0.05) is 12.3 Å². The number of allylic oxidation sites excluding steroid dienone is 4. The van der Waals surface area contributed by atoms with Gasteiger partial charge in [-0.1, -0.05) is 37.1 Å². The maximum atomic E-state index is 12.3. The van der Waals surface area contributed by atoms with Crippen molar-refractivity contribution in [3.63, 3.8) is 0 Å². The molecule has 0 saturated heterocycles. The second kappa shape index (κ2) is 6.54. The molecule has 0 aromatic heterocycles. The third kappa shape index (κ3) is 4.33. The second-order valence-corrected chi connectivity index (χ2v) is 7.11. The Hall–Kier alpha value is -0.850. The Balaban J connectivity index is 2.86. The van der Waals surface area contributed by atoms with E-state index in [-0.39, 0.29) is 11.3 Å². The number of ketones is 1. The average Bonchev–Trinajstić information content (AvgIpc) is 2.26. The average molecular weight is 262 g/mol. The van der Waals surface area contributed by atoms with Crippen LogP contribution in [0.1, 0.15) is 67.2 Å². The van der Waals surface area contributed by atoms with Gasteiger partial charge in [0.15, 0.2) is 0 Å². The van der Waals surface area contributed by atoms with E-state index in [1.54, 1.807) is 0 Å². The Bertz CT molecular complexity index is 376. The molecule has 1 aliphatic carbocycles. The van der Waals surface area contributed by atoms with Crippen molar-refractivity contribution in [2.75, 3.05) is 0 Å². The summed E-state index contributed by atoms with van der Waals surface area (Å²) in [4.78, 5) is 12.3. The van der Waals surface area contributed by atoms with E-state index in [9.17, 15) is 4.79 Å². The normalized spacial score (nSPS) is 25.9. The van der Waals surface area contributed by atoms with Crippen molar-refractivity contribution in [2.45, 2.75) is 67.2 Å². The molecule has 0 spiro atoms. The lowest BCUT2D eigenvalue weighted by atomic mass is 9.59. The van der Waals surface area contributed by atoms with Crippen LogP contribution in [0, 0.1) is 17.3 Å². The first-order chi connectivity index (χ1) is 8.75. The van der Waals surface area contributed by atoms with Crippen molar-refractivity contribution in [3.05, 3.63) is 23.3 Å². The zero-order chi connectivity index (χ0) is 14.6. The summed E-state index contributed by atoms with van der Waals surface area (Å²) < 4.78 is 0. The summed E-state index contributed by atoms with van der Waals surface area (Å²) in [5, 5.41) is 0. The molecule has 0 radical (unpaired) electrons. The van der Waals surface area contributed by atoms with E-state index < -0.39 is 0 Å². The van der Waals surface area contributed by atoms with E-state index in [1.165, 1.54) is 11.1 Å². The molecule has 1 rings (SSSR count). The van der Waals surface area contributed by atoms with Crippen molar-refractivity contribution < 1.29 is 4.79 Å². The van der Waals surface area contributed by atoms with Crippen LogP contribution in [0.4, 0.5) is 0 Å². The van der Waals surface area contributed by atoms with E-state index >= 15 is 0 Å². The topological polar surface area (TPSA) is 17.1 Å². The third-order valence-electron chi connectivity index (χ3n) is 4.65. The van der Waals surface area contributed by atoms with Gasteiger partial charge in [-0.25, -0.2) is 0 Å². The highest BCUT2D eigenvalue weighted by molar-refractivity contribution is 5.82. The van der Waals surface area contributed by atoms with E-state index in [4.69, 9.17) is 0 Å². The molecule has 1 saturated carbocycles. The first-order valence-electron chi connectivity index (χ1n) is 7.54. The maximum Gasteiger partial charge on any atom is 0.136 e. The summed E-state index contributed by atoms with van der Waals surface area (Å²) >= 11 is 0. The van der Waals surface area contributed by atoms with Crippen molar-refractivity contribution >= 4 is 5.78 Å². The first kappa shape index (κ1) is 16.2. The summed E-state index contributed by atoms with van der Waals surface area (Å²) in [6.45, 7) is 13.1. The fourth-order valence-corrected chi connectivity index (χ4v) is 3.15. The number of rotatable bonds is 4. The van der Waals surface area contributed by atoms with Gasteiger partial charge < -0.3 is 0 Å². The van der Waals surface area contributed by atoms with Crippen LogP contribution in [0.15, 0.2) is 23.3 Å². The summed E-state index contributed by atoms with van der Waals surface area (Å²) in [7, 11) is 0. The summed E-state index contributed by atoms with van der Waals surface area (Å²) in [5.74, 6) is 1.30. The zero-order valence-electron chi connectivity index (χ0n) is 13.5. The Kier molecular flexibility index (Phi) is 5.58. The van der Waals surface area contributed by atoms with Gasteiger partial charge in [0.1, 0.15) is 5.78 Å². The fourth-order valence-electron chi connectivity index (χ4n) is 3.15. The standard InChI is InChI=1S/C18H30O/c1-13(2)7-9-15-10-12-17(19)16(18(15,5)6)11-8-14(3)4/h7-8,15-16H,9-12H2,1-6H3/t15-,16+/m0/s1. The number of Topliss-reactive ketones (excluding diaryl/α,β-unsaturated/α-hetero) is 1. The van der Waals surface area contributed by atoms with Crippen molar-refractivity contribution in [1.82, 2.24) is 0 Å². The zero-order valence-corrected chi connectivity index (χ0v) is 13.5. The third-order valence-corrected chi connectivity index (χ3v) is 4.65. The molecule has 0 aliphatic heterocycles. The summed E-state index contributed by atoms with van der Waals surface area (Å²) in [5.41, 5.74) is 2.82. The SMILES string of the molecule is CC(C)=CC[C@H]1CCC(=O)[C@@H](CC=C(C)C)C1(C)C. The fraction of sp³-hybridized carbons (Fsp3) is 0.722. The van der Waals surface area contributed by atoms with Crippen LogP contribution in [0.25, 0.3) is 0 Å². The largest absolute Gasteiger partial charge is 0.299 e. The molecule has 0 heterocycles. The number of hydrogen-bond acceptors (Lipinski definition) is 1. The Labute approximate surface area is 119 Å². The van der Waals surface area contributed by atoms with Crippen LogP contribution in [-0.4, -0.2) is 5.78 Å². The molecule has 0 aromatic carbocycles. The van der Waals surface area contributed by atoms with Gasteiger partial charge in [-0.15, -0.1) is 0 Å². The highest BCUT2D eigenvalue weighted by Crippen LogP contribution is 2.46. The van der Waals surface area contributed by atoms with Gasteiger partial charge in [0.2, 0.25) is 0 Å². The monoisotopic (exact) mass is 262 g/mol. The minimum absolute atomic E-state index is 0.118. The van der Waals surface area contributed by atoms with Crippen LogP contribution in [0.3, 0.4) is 0 Å². The lowest BCUT2D eigenvalue weighted by Gasteiger charge is -2.44. The van der Waals surface area contributed by atoms with Crippen LogP contribution in [0.5, 0.6) is 0 Å². The summed E-state index contributed by atoms with van der Waals surface area (Å²) in [6, 6.07) is 0. The first-order valence-corrected chi connectivity index (χ1v) is 7.54. The van der Waals surface area contributed by atoms with Gasteiger partial charge in [-0.3, -0.25) is 4.79 Å². The molecule has 2 atom stereocenters. The molecule has 0 bridgehead atoms. The Morgan fingerprint density at radius 1 is 1.11 bits per heavy atom. The van der Waals surface area contributed by atoms with Crippen LogP contribution < -0.4 is 0 Å². The van der Waals surface area contributed by atoms with E-state index in [2.05, 4.69) is 53.7 Å². The highest BCUT2D eigenvalue weighted by atomic mass is 16.1. The van der Waals surface area contributed by atoms with Gasteiger partial charge in [0.25, 0.3) is 0 Å². The molecule has 0 aromatic rings. The highest BCUT2D eigenvalue weighted by Gasteiger charge is 2.43. The molecule has 19 heavy (non-hydrogen) atoms. The second-order valence-electron chi connectivity index (χ2n) is 7.11. The molecule has 1 nitrogen and oxygen atoms in total. The van der Waals surface area contributed by atoms with Crippen molar-refractivity contribution in [1.29, 1.82) is 0 Å². The smallest absolute Gasteiger partial charge is 0.136 e. The molecule has 0 N–H and O–H groups in total. The van der Waals surface area contributed by atoms with Crippen molar-refractivity contribution in [3.8, 4) is 0 Å². The van der Waals surface area contributed by atoms with E-state index in [1.807, 2.05) is 0 Å². The van der Waals surface area contributed by atoms with Gasteiger partial charge in [-0.2, -0.15) is 0 Å². The molecule has 0 amide bonds. The van der Waals surface area contributed by atoms with Crippen LogP contribution in [-0.2, 0) is 4.79 Å². The summed E-state index contributed by atoms with van der Waals surface area (Å²) in [6.07, 6.45) is 8.42. The number of carbonyl (C=O) groups excluding carboxylic acids is 1. The Morgan fingerprint density at radius 3 is 2.16 bits per heavy atom. The molecular formula is C18H30O. The van der Waals surface area contributed by atoms with Crippen LogP contribution >= 0.6 is 0 Å². The lowest BCUT2D eigenvalue weighted by Crippen LogP contribution is -2.41. The van der Waals surface area contributed by atoms with Gasteiger partial charge in [-0.05, 0) is 58.3 Å². The molecule has 0 unspecified atom stereocenters. The minimum atomic E-state index is 0.118. The minimum Gasteiger partial charge on any atom is -0.299 e. The van der Waals surface area contributed by atoms with E-state index in [0.717, 1.165) is 25.7 Å². The number of hydrogen-bond donors (Lipinski definition) is 0. The maximum absolute atomic E-state index is 12.3. The quantitative estimate of drug-likeness (QED) is 0.627. The molecule has 1 heteroatoms. The van der Waals surface area contributed by atoms with Crippen LogP contribution in [0.2, 0.25) is 0 Å². The van der Waals surface area contributed by atoms with E-state index in [0.29, 0.717) is 11.7 Å². The Morgan fingerprint density at radius 2 is 1.63 bits per heavy atom. The molecule has 1 fully saturated rings. The predicted octanol–water partition coefficient (Wildman–Crippen LogP) is 5.32. The lowest BCUT2D eigenvalue weighted by molar-refractivity contribution is -0.132. The molecular weight excluding hydrogens is 232 g/mol. The predicted molar refractivity (Wildman–Crippen MR) is 83.1 cm³/mol. The number of carbonyl (C=O) groups is 1. The van der Waals surface area contributed by atoms with Crippen molar-refractivity contribution in [2.24, 2.45) is 17.3 Å².